The molecule has 8 heteroatoms. The van der Waals surface area contributed by atoms with Gasteiger partial charge >= 0.3 is 5.97 Å². The molecule has 0 spiro atoms. The largest absolute Gasteiger partial charge is 0.468 e. The maximum atomic E-state index is 13.1. The summed E-state index contributed by atoms with van der Waals surface area (Å²) in [4.78, 5) is 39.3. The van der Waals surface area contributed by atoms with Crippen molar-refractivity contribution in [2.45, 2.75) is 13.0 Å². The van der Waals surface area contributed by atoms with Gasteiger partial charge in [0.1, 0.15) is 6.54 Å². The third-order valence-corrected chi connectivity index (χ3v) is 6.22. The van der Waals surface area contributed by atoms with E-state index in [0.717, 1.165) is 10.0 Å². The van der Waals surface area contributed by atoms with Crippen LogP contribution in [0, 0.1) is 0 Å². The zero-order valence-corrected chi connectivity index (χ0v) is 21.2. The van der Waals surface area contributed by atoms with Crippen LogP contribution in [0.15, 0.2) is 81.7 Å². The molecule has 33 heavy (non-hydrogen) atoms. The Labute approximate surface area is 209 Å². The molecule has 0 aliphatic carbocycles. The lowest BCUT2D eigenvalue weighted by Crippen LogP contribution is -2.38. The number of carbonyl (C=O) groups is 3. The molecule has 0 saturated carbocycles. The second-order valence-corrected chi connectivity index (χ2v) is 8.97. The molecule has 1 N–H and O–H groups in total. The molecule has 0 bridgehead atoms. The Kier molecular flexibility index (Phi) is 8.41. The quantitative estimate of drug-likeness (QED) is 0.375. The number of hydrogen-bond donors (Lipinski definition) is 1. The van der Waals surface area contributed by atoms with Gasteiger partial charge in [-0.2, -0.15) is 0 Å². The molecule has 6 nitrogen and oxygen atoms in total. The minimum Gasteiger partial charge on any atom is -0.468 e. The molecule has 0 heterocycles. The molecule has 0 aromatic heterocycles. The van der Waals surface area contributed by atoms with E-state index in [1.54, 1.807) is 30.3 Å². The van der Waals surface area contributed by atoms with Gasteiger partial charge in [-0.25, -0.2) is 0 Å². The second kappa shape index (κ2) is 11.2. The molecule has 0 aliphatic heterocycles. The number of benzene rings is 3. The topological polar surface area (TPSA) is 75.7 Å². The predicted molar refractivity (Wildman–Crippen MR) is 134 cm³/mol. The third-order valence-electron chi connectivity index (χ3n) is 5.03. The first kappa shape index (κ1) is 24.7. The van der Waals surface area contributed by atoms with E-state index < -0.39 is 12.0 Å². The maximum absolute atomic E-state index is 13.1. The lowest BCUT2D eigenvalue weighted by Gasteiger charge is -2.32. The number of nitrogens with zero attached hydrogens (tertiary/aromatic N) is 1. The molecule has 0 radical (unpaired) electrons. The molecular formula is C25H22Br2N2O4. The fourth-order valence-corrected chi connectivity index (χ4v) is 4.30. The average Bonchev–Trinajstić information content (AvgIpc) is 2.81. The van der Waals surface area contributed by atoms with Gasteiger partial charge in [0.15, 0.2) is 0 Å². The van der Waals surface area contributed by atoms with Crippen LogP contribution in [-0.2, 0) is 14.3 Å². The number of anilines is 1. The summed E-state index contributed by atoms with van der Waals surface area (Å²) < 4.78 is 6.25. The highest BCUT2D eigenvalue weighted by Gasteiger charge is 2.29. The fourth-order valence-electron chi connectivity index (χ4n) is 3.46. The summed E-state index contributed by atoms with van der Waals surface area (Å²) in [5, 5.41) is 2.96. The molecule has 3 rings (SSSR count). The van der Waals surface area contributed by atoms with Crippen LogP contribution < -0.4 is 5.32 Å². The fraction of sp³-hybridized carbons (Fsp3) is 0.160. The number of ether oxygens (including phenoxy) is 1. The van der Waals surface area contributed by atoms with Gasteiger partial charge in [-0.1, -0.05) is 58.4 Å². The Balaban J connectivity index is 2.13. The van der Waals surface area contributed by atoms with E-state index in [1.165, 1.54) is 18.9 Å². The van der Waals surface area contributed by atoms with Crippen LogP contribution >= 0.6 is 31.9 Å². The molecule has 0 saturated heterocycles. The summed E-state index contributed by atoms with van der Waals surface area (Å²) in [5.41, 5.74) is 2.42. The van der Waals surface area contributed by atoms with E-state index in [9.17, 15) is 14.4 Å². The first-order chi connectivity index (χ1) is 15.8. The lowest BCUT2D eigenvalue weighted by atomic mass is 9.95. The summed E-state index contributed by atoms with van der Waals surface area (Å²) in [6.45, 7) is 1.16. The summed E-state index contributed by atoms with van der Waals surface area (Å²) in [5.74, 6) is -1.16. The zero-order chi connectivity index (χ0) is 24.0. The van der Waals surface area contributed by atoms with E-state index >= 15 is 0 Å². The van der Waals surface area contributed by atoms with Crippen LogP contribution in [0.2, 0.25) is 0 Å². The predicted octanol–water partition coefficient (Wildman–Crippen LogP) is 5.57. The van der Waals surface area contributed by atoms with E-state index in [1.807, 2.05) is 42.5 Å². The number of halogens is 2. The minimum atomic E-state index is -0.644. The van der Waals surface area contributed by atoms with Gasteiger partial charge < -0.3 is 15.0 Å². The number of esters is 1. The number of methoxy groups -OCH3 is 1. The van der Waals surface area contributed by atoms with Crippen molar-refractivity contribution >= 4 is 55.3 Å². The molecule has 2 amide bonds. The van der Waals surface area contributed by atoms with Crippen LogP contribution in [-0.4, -0.2) is 36.3 Å². The Morgan fingerprint density at radius 3 is 2.27 bits per heavy atom. The van der Waals surface area contributed by atoms with Crippen molar-refractivity contribution in [3.63, 3.8) is 0 Å². The van der Waals surface area contributed by atoms with Gasteiger partial charge in [0.05, 0.1) is 18.7 Å². The Morgan fingerprint density at radius 1 is 0.970 bits per heavy atom. The molecule has 1 atom stereocenters. The Morgan fingerprint density at radius 2 is 1.64 bits per heavy atom. The minimum absolute atomic E-state index is 0.241. The normalized spacial score (nSPS) is 11.4. The van der Waals surface area contributed by atoms with Crippen molar-refractivity contribution in [3.8, 4) is 0 Å². The standard InChI is InChI=1S/C25H22Br2N2O4/c1-16(30)29(15-23(31)33-2)24(17-8-4-3-5-9-17)20-14-18(26)12-13-22(20)28-25(32)19-10-6-7-11-21(19)27/h3-14,24H,15H2,1-2H3,(H,28,32)/t24-/m1/s1. The van der Waals surface area contributed by atoms with E-state index in [-0.39, 0.29) is 18.4 Å². The van der Waals surface area contributed by atoms with Crippen molar-refractivity contribution in [2.24, 2.45) is 0 Å². The van der Waals surface area contributed by atoms with Crippen LogP contribution in [0.3, 0.4) is 0 Å². The highest BCUT2D eigenvalue weighted by Crippen LogP contribution is 2.36. The lowest BCUT2D eigenvalue weighted by molar-refractivity contribution is -0.147. The van der Waals surface area contributed by atoms with Gasteiger partial charge in [0.25, 0.3) is 5.91 Å². The highest BCUT2D eigenvalue weighted by molar-refractivity contribution is 9.10. The molecule has 0 aliphatic rings. The molecular weight excluding hydrogens is 552 g/mol. The van der Waals surface area contributed by atoms with Gasteiger partial charge in [-0.15, -0.1) is 0 Å². The van der Waals surface area contributed by atoms with E-state index in [0.29, 0.717) is 21.3 Å². The summed E-state index contributed by atoms with van der Waals surface area (Å²) in [7, 11) is 1.28. The van der Waals surface area contributed by atoms with Crippen molar-refractivity contribution in [2.75, 3.05) is 19.0 Å². The first-order valence-corrected chi connectivity index (χ1v) is 11.6. The molecule has 0 unspecified atom stereocenters. The SMILES string of the molecule is COC(=O)CN(C(C)=O)[C@H](c1ccccc1)c1cc(Br)ccc1NC(=O)c1ccccc1Br. The molecule has 170 valence electrons. The van der Waals surface area contributed by atoms with E-state index in [2.05, 4.69) is 37.2 Å². The summed E-state index contributed by atoms with van der Waals surface area (Å²) in [6.07, 6.45) is 0. The van der Waals surface area contributed by atoms with Gasteiger partial charge in [-0.3, -0.25) is 14.4 Å². The third kappa shape index (κ3) is 6.09. The maximum Gasteiger partial charge on any atom is 0.325 e. The smallest absolute Gasteiger partial charge is 0.325 e. The van der Waals surface area contributed by atoms with Gasteiger partial charge in [0.2, 0.25) is 5.91 Å². The highest BCUT2D eigenvalue weighted by atomic mass is 79.9. The first-order valence-electron chi connectivity index (χ1n) is 10.1. The number of hydrogen-bond acceptors (Lipinski definition) is 4. The van der Waals surface area contributed by atoms with Crippen LogP contribution in [0.4, 0.5) is 5.69 Å². The summed E-state index contributed by atoms with van der Waals surface area (Å²) in [6, 6.07) is 21.2. The molecule has 3 aromatic rings. The van der Waals surface area contributed by atoms with E-state index in [4.69, 9.17) is 4.74 Å². The van der Waals surface area contributed by atoms with Crippen LogP contribution in [0.25, 0.3) is 0 Å². The Bertz CT molecular complexity index is 1170. The van der Waals surface area contributed by atoms with Crippen LogP contribution in [0.1, 0.15) is 34.5 Å². The van der Waals surface area contributed by atoms with Crippen molar-refractivity contribution in [1.29, 1.82) is 0 Å². The summed E-state index contributed by atoms with van der Waals surface area (Å²) >= 11 is 6.91. The van der Waals surface area contributed by atoms with Crippen molar-refractivity contribution in [3.05, 3.63) is 98.4 Å². The monoisotopic (exact) mass is 572 g/mol. The van der Waals surface area contributed by atoms with Crippen molar-refractivity contribution in [1.82, 2.24) is 4.90 Å². The number of amides is 2. The zero-order valence-electron chi connectivity index (χ0n) is 18.0. The molecule has 3 aromatic carbocycles. The van der Waals surface area contributed by atoms with Gasteiger partial charge in [0, 0.05) is 27.1 Å². The van der Waals surface area contributed by atoms with Crippen molar-refractivity contribution < 1.29 is 19.1 Å². The van der Waals surface area contributed by atoms with Crippen LogP contribution in [0.5, 0.6) is 0 Å². The Hall–Kier alpha value is -2.97. The number of carbonyl (C=O) groups excluding carboxylic acids is 3. The molecule has 0 fully saturated rings. The average molecular weight is 574 g/mol. The second-order valence-electron chi connectivity index (χ2n) is 7.20. The number of rotatable bonds is 7. The number of nitrogens with one attached hydrogen (secondary N) is 1. The van der Waals surface area contributed by atoms with Gasteiger partial charge in [-0.05, 0) is 51.8 Å².